The second kappa shape index (κ2) is 12.1. The molecule has 8 nitrogen and oxygen atoms in total. The van der Waals surface area contributed by atoms with Gasteiger partial charge in [0.05, 0.1) is 19.8 Å². The first-order chi connectivity index (χ1) is 19.1. The van der Waals surface area contributed by atoms with Gasteiger partial charge in [-0.05, 0) is 35.7 Å². The lowest BCUT2D eigenvalue weighted by Crippen LogP contribution is -2.57. The van der Waals surface area contributed by atoms with E-state index in [1.807, 2.05) is 36.4 Å². The van der Waals surface area contributed by atoms with Gasteiger partial charge in [0.15, 0.2) is 5.92 Å². The van der Waals surface area contributed by atoms with Crippen LogP contribution in [0, 0.1) is 5.92 Å². The molecule has 0 radical (unpaired) electrons. The summed E-state index contributed by atoms with van der Waals surface area (Å²) >= 11 is 0. The number of nitrogens with zero attached hydrogens (tertiary/aromatic N) is 3. The highest BCUT2D eigenvalue weighted by atomic mass is 16.5. The van der Waals surface area contributed by atoms with Crippen LogP contribution >= 0.6 is 0 Å². The van der Waals surface area contributed by atoms with Crippen LogP contribution in [0.4, 0.5) is 0 Å². The van der Waals surface area contributed by atoms with E-state index in [0.29, 0.717) is 24.8 Å². The van der Waals surface area contributed by atoms with E-state index in [9.17, 15) is 9.59 Å². The summed E-state index contributed by atoms with van der Waals surface area (Å²) in [6.45, 7) is 4.88. The monoisotopic (exact) mass is 526 g/mol. The predicted molar refractivity (Wildman–Crippen MR) is 149 cm³/mol. The van der Waals surface area contributed by atoms with Crippen LogP contribution in [0.25, 0.3) is 0 Å². The van der Waals surface area contributed by atoms with Gasteiger partial charge >= 0.3 is 5.97 Å². The third-order valence-corrected chi connectivity index (χ3v) is 7.30. The summed E-state index contributed by atoms with van der Waals surface area (Å²) in [7, 11) is 1.60. The number of hydrogen-bond acceptors (Lipinski definition) is 7. The fourth-order valence-electron chi connectivity index (χ4n) is 5.34. The van der Waals surface area contributed by atoms with Crippen molar-refractivity contribution in [3.8, 4) is 5.75 Å². The van der Waals surface area contributed by atoms with Crippen molar-refractivity contribution < 1.29 is 19.1 Å². The zero-order valence-electron chi connectivity index (χ0n) is 22.3. The average molecular weight is 527 g/mol. The number of methoxy groups -OCH3 is 1. The van der Waals surface area contributed by atoms with Crippen LogP contribution in [0.5, 0.6) is 5.75 Å². The van der Waals surface area contributed by atoms with E-state index in [2.05, 4.69) is 63.6 Å². The van der Waals surface area contributed by atoms with E-state index in [-0.39, 0.29) is 12.6 Å². The Hall–Kier alpha value is -4.17. The average Bonchev–Trinajstić information content (AvgIpc) is 2.98. The van der Waals surface area contributed by atoms with Crippen LogP contribution in [0.15, 0.2) is 89.9 Å². The molecule has 0 unspecified atom stereocenters. The van der Waals surface area contributed by atoms with Crippen LogP contribution in [0.3, 0.4) is 0 Å². The van der Waals surface area contributed by atoms with Crippen LogP contribution < -0.4 is 10.1 Å². The first kappa shape index (κ1) is 26.4. The van der Waals surface area contributed by atoms with Gasteiger partial charge in [-0.1, -0.05) is 72.8 Å². The van der Waals surface area contributed by atoms with E-state index < -0.39 is 23.8 Å². The minimum Gasteiger partial charge on any atom is -0.497 e. The Labute approximate surface area is 229 Å². The van der Waals surface area contributed by atoms with Crippen molar-refractivity contribution in [3.63, 3.8) is 0 Å². The Morgan fingerprint density at radius 3 is 2.05 bits per heavy atom. The summed E-state index contributed by atoms with van der Waals surface area (Å²) in [4.78, 5) is 35.5. The molecule has 1 amide bonds. The highest BCUT2D eigenvalue weighted by Gasteiger charge is 2.42. The molecule has 1 N–H and O–H groups in total. The number of aliphatic imine (C=N–C) groups is 1. The van der Waals surface area contributed by atoms with Gasteiger partial charge in [-0.15, -0.1) is 0 Å². The maximum atomic E-state index is 13.3. The second-order valence-corrected chi connectivity index (χ2v) is 9.64. The normalized spacial score (nSPS) is 19.8. The van der Waals surface area contributed by atoms with Gasteiger partial charge in [-0.25, -0.2) is 4.99 Å². The molecule has 202 valence electrons. The molecule has 2 aliphatic heterocycles. The van der Waals surface area contributed by atoms with Crippen LogP contribution in [-0.2, 0) is 14.3 Å². The highest BCUT2D eigenvalue weighted by molar-refractivity contribution is 6.08. The lowest BCUT2D eigenvalue weighted by molar-refractivity contribution is -0.153. The number of nitrogens with one attached hydrogen (secondary N) is 1. The van der Waals surface area contributed by atoms with Gasteiger partial charge in [0, 0.05) is 26.2 Å². The molecule has 5 rings (SSSR count). The van der Waals surface area contributed by atoms with Crippen molar-refractivity contribution in [2.75, 3.05) is 39.9 Å². The lowest BCUT2D eigenvalue weighted by atomic mass is 9.91. The Morgan fingerprint density at radius 1 is 0.923 bits per heavy atom. The summed E-state index contributed by atoms with van der Waals surface area (Å²) in [6.07, 6.45) is 0. The molecule has 8 heteroatoms. The number of benzene rings is 3. The molecule has 2 atom stereocenters. The maximum Gasteiger partial charge on any atom is 0.321 e. The first-order valence-electron chi connectivity index (χ1n) is 13.4. The molecule has 0 aromatic heterocycles. The number of hydrogen-bond donors (Lipinski definition) is 1. The van der Waals surface area contributed by atoms with Gasteiger partial charge in [-0.3, -0.25) is 19.8 Å². The number of rotatable bonds is 7. The number of piperazine rings is 1. The number of carbonyl (C=O) groups is 2. The predicted octanol–water partition coefficient (Wildman–Crippen LogP) is 3.81. The maximum absolute atomic E-state index is 13.3. The quantitative estimate of drug-likeness (QED) is 0.373. The number of carbonyl (C=O) groups excluding carboxylic acids is 2. The summed E-state index contributed by atoms with van der Waals surface area (Å²) < 4.78 is 10.5. The molecule has 1 saturated heterocycles. The van der Waals surface area contributed by atoms with E-state index in [1.54, 1.807) is 14.0 Å². The summed E-state index contributed by atoms with van der Waals surface area (Å²) in [5, 5.41) is 2.90. The number of amides is 1. The fourth-order valence-corrected chi connectivity index (χ4v) is 5.34. The zero-order valence-corrected chi connectivity index (χ0v) is 22.3. The van der Waals surface area contributed by atoms with Gasteiger partial charge in [-0.2, -0.15) is 0 Å². The number of ether oxygens (including phenoxy) is 2. The van der Waals surface area contributed by atoms with Gasteiger partial charge in [0.2, 0.25) is 11.9 Å². The fraction of sp³-hybridized carbons (Fsp3) is 0.323. The molecule has 2 heterocycles. The van der Waals surface area contributed by atoms with Gasteiger partial charge in [0.1, 0.15) is 11.8 Å². The van der Waals surface area contributed by atoms with Crippen molar-refractivity contribution in [3.05, 3.63) is 102 Å². The third kappa shape index (κ3) is 5.81. The summed E-state index contributed by atoms with van der Waals surface area (Å²) in [5.74, 6) is -0.829. The largest absolute Gasteiger partial charge is 0.497 e. The van der Waals surface area contributed by atoms with Crippen molar-refractivity contribution in [1.29, 1.82) is 0 Å². The second-order valence-electron chi connectivity index (χ2n) is 9.64. The van der Waals surface area contributed by atoms with E-state index >= 15 is 0 Å². The minimum absolute atomic E-state index is 0.137. The zero-order chi connectivity index (χ0) is 27.2. The number of guanidine groups is 1. The Bertz CT molecular complexity index is 1250. The third-order valence-electron chi connectivity index (χ3n) is 7.30. The van der Waals surface area contributed by atoms with Gasteiger partial charge in [0.25, 0.3) is 0 Å². The van der Waals surface area contributed by atoms with Crippen LogP contribution in [0.1, 0.15) is 35.7 Å². The molecule has 0 aliphatic carbocycles. The molecule has 3 aromatic carbocycles. The summed E-state index contributed by atoms with van der Waals surface area (Å²) in [6, 6.07) is 27.8. The van der Waals surface area contributed by atoms with Crippen molar-refractivity contribution in [2.24, 2.45) is 10.9 Å². The van der Waals surface area contributed by atoms with Crippen molar-refractivity contribution in [2.45, 2.75) is 19.0 Å². The molecular weight excluding hydrogens is 492 g/mol. The molecule has 0 saturated carbocycles. The highest BCUT2D eigenvalue weighted by Crippen LogP contribution is 2.33. The minimum atomic E-state index is -1.05. The number of esters is 1. The molecular formula is C31H34N4O4. The lowest BCUT2D eigenvalue weighted by Gasteiger charge is -2.42. The topological polar surface area (TPSA) is 83.5 Å². The molecule has 3 aromatic rings. The molecule has 39 heavy (non-hydrogen) atoms. The SMILES string of the molecule is CCOC(=O)[C@H]1C(=O)NC(N2CCN(C(c3ccccc3)c3ccccc3)CC2)=N[C@H]1c1ccc(OC)cc1. The molecule has 1 fully saturated rings. The Kier molecular flexibility index (Phi) is 8.22. The van der Waals surface area contributed by atoms with E-state index in [4.69, 9.17) is 14.5 Å². The van der Waals surface area contributed by atoms with E-state index in [1.165, 1.54) is 11.1 Å². The first-order valence-corrected chi connectivity index (χ1v) is 13.4. The molecule has 2 aliphatic rings. The van der Waals surface area contributed by atoms with Crippen LogP contribution in [0.2, 0.25) is 0 Å². The van der Waals surface area contributed by atoms with Crippen LogP contribution in [-0.4, -0.2) is 67.5 Å². The van der Waals surface area contributed by atoms with E-state index in [0.717, 1.165) is 18.7 Å². The summed E-state index contributed by atoms with van der Waals surface area (Å²) in [5.41, 5.74) is 3.25. The van der Waals surface area contributed by atoms with Gasteiger partial charge < -0.3 is 14.4 Å². The Balaban J connectivity index is 1.38. The molecule has 0 bridgehead atoms. The molecule has 0 spiro atoms. The van der Waals surface area contributed by atoms with Crippen molar-refractivity contribution >= 4 is 17.8 Å². The standard InChI is InChI=1S/C31H34N4O4/c1-3-39-30(37)26-27(22-14-16-25(38-2)17-15-22)32-31(33-29(26)36)35-20-18-34(19-21-35)28(23-10-6-4-7-11-23)24-12-8-5-9-13-24/h4-17,26-28H,3,18-21H2,1-2H3,(H,32,33,36)/t26-,27+/m1/s1. The smallest absolute Gasteiger partial charge is 0.321 e. The van der Waals surface area contributed by atoms with Crippen molar-refractivity contribution in [1.82, 2.24) is 15.1 Å². The Morgan fingerprint density at radius 2 is 1.51 bits per heavy atom.